The van der Waals surface area contributed by atoms with Gasteiger partial charge < -0.3 is 18.8 Å². The summed E-state index contributed by atoms with van der Waals surface area (Å²) in [6.07, 6.45) is 4.52. The third kappa shape index (κ3) is 2.88. The first kappa shape index (κ1) is 17.3. The fourth-order valence-electron chi connectivity index (χ4n) is 3.89. The van der Waals surface area contributed by atoms with Crippen LogP contribution in [0.3, 0.4) is 0 Å². The molecule has 25 heavy (non-hydrogen) atoms. The van der Waals surface area contributed by atoms with Crippen LogP contribution in [0.25, 0.3) is 0 Å². The van der Waals surface area contributed by atoms with Gasteiger partial charge in [0, 0.05) is 5.46 Å². The Hall–Kier alpha value is -1.11. The van der Waals surface area contributed by atoms with Crippen LogP contribution in [0.1, 0.15) is 53.4 Å². The molecule has 0 radical (unpaired) electrons. The van der Waals surface area contributed by atoms with E-state index in [1.165, 1.54) is 0 Å². The molecule has 0 amide bonds. The maximum atomic E-state index is 15.0. The van der Waals surface area contributed by atoms with Crippen LogP contribution in [0.2, 0.25) is 0 Å². The molecule has 6 heteroatoms. The fourth-order valence-corrected chi connectivity index (χ4v) is 3.89. The Kier molecular flexibility index (Phi) is 3.95. The van der Waals surface area contributed by atoms with Crippen molar-refractivity contribution in [3.8, 4) is 5.75 Å². The molecule has 0 N–H and O–H groups in total. The van der Waals surface area contributed by atoms with Gasteiger partial charge in [-0.05, 0) is 59.4 Å². The zero-order valence-corrected chi connectivity index (χ0v) is 15.4. The molecule has 1 aromatic rings. The zero-order chi connectivity index (χ0) is 17.9. The highest BCUT2D eigenvalue weighted by molar-refractivity contribution is 6.62. The van der Waals surface area contributed by atoms with Gasteiger partial charge >= 0.3 is 7.12 Å². The van der Waals surface area contributed by atoms with Crippen LogP contribution in [0.15, 0.2) is 18.2 Å². The number of rotatable bonds is 4. The molecule has 1 aromatic carbocycles. The van der Waals surface area contributed by atoms with Crippen molar-refractivity contribution in [2.24, 2.45) is 0 Å². The molecule has 3 fully saturated rings. The van der Waals surface area contributed by atoms with Gasteiger partial charge in [-0.25, -0.2) is 4.39 Å². The predicted molar refractivity (Wildman–Crippen MR) is 93.7 cm³/mol. The molecule has 0 spiro atoms. The molecule has 136 valence electrons. The molecule has 4 nitrogen and oxygen atoms in total. The van der Waals surface area contributed by atoms with Crippen molar-refractivity contribution < 1.29 is 23.2 Å². The van der Waals surface area contributed by atoms with Gasteiger partial charge in [0.2, 0.25) is 0 Å². The first-order chi connectivity index (χ1) is 11.7. The molecule has 3 aliphatic rings. The molecule has 3 saturated heterocycles. The Bertz CT molecular complexity index is 651. The van der Waals surface area contributed by atoms with E-state index in [0.717, 1.165) is 25.7 Å². The first-order valence-electron chi connectivity index (χ1n) is 9.16. The lowest BCUT2D eigenvalue weighted by molar-refractivity contribution is -0.0206. The quantitative estimate of drug-likeness (QED) is 0.783. The molecule has 2 bridgehead atoms. The lowest BCUT2D eigenvalue weighted by Crippen LogP contribution is -2.41. The maximum Gasteiger partial charge on any atom is 0.497 e. The minimum atomic E-state index is -0.731. The summed E-state index contributed by atoms with van der Waals surface area (Å²) in [5.41, 5.74) is -0.852. The van der Waals surface area contributed by atoms with Gasteiger partial charge in [0.15, 0.2) is 11.6 Å². The minimum Gasteiger partial charge on any atom is -0.488 e. The summed E-state index contributed by atoms with van der Waals surface area (Å²) in [7, 11) is -0.731. The van der Waals surface area contributed by atoms with Crippen molar-refractivity contribution in [2.75, 3.05) is 6.61 Å². The van der Waals surface area contributed by atoms with Crippen LogP contribution in [0, 0.1) is 5.82 Å². The lowest BCUT2D eigenvalue weighted by Gasteiger charge is -2.32. The second-order valence-corrected chi connectivity index (χ2v) is 8.54. The smallest absolute Gasteiger partial charge is 0.488 e. The van der Waals surface area contributed by atoms with Crippen molar-refractivity contribution in [2.45, 2.75) is 76.3 Å². The van der Waals surface area contributed by atoms with E-state index in [2.05, 4.69) is 0 Å². The largest absolute Gasteiger partial charge is 0.497 e. The highest BCUT2D eigenvalue weighted by Crippen LogP contribution is 2.44. The molecule has 0 saturated carbocycles. The average Bonchev–Trinajstić information content (AvgIpc) is 3.19. The number of ether oxygens (including phenoxy) is 2. The Labute approximate surface area is 149 Å². The Balaban J connectivity index is 1.51. The van der Waals surface area contributed by atoms with Gasteiger partial charge in [0.1, 0.15) is 12.2 Å². The molecule has 0 unspecified atom stereocenters. The van der Waals surface area contributed by atoms with E-state index in [9.17, 15) is 0 Å². The van der Waals surface area contributed by atoms with Crippen LogP contribution in [-0.4, -0.2) is 36.6 Å². The predicted octanol–water partition coefficient (Wildman–Crippen LogP) is 3.22. The second-order valence-electron chi connectivity index (χ2n) is 8.54. The summed E-state index contributed by atoms with van der Waals surface area (Å²) in [4.78, 5) is 0. The summed E-state index contributed by atoms with van der Waals surface area (Å²) in [5, 5.41) is 0. The van der Waals surface area contributed by atoms with Gasteiger partial charge in [-0.3, -0.25) is 0 Å². The summed E-state index contributed by atoms with van der Waals surface area (Å²) in [6, 6.07) is 5.13. The van der Waals surface area contributed by atoms with Crippen LogP contribution in [-0.2, 0) is 14.0 Å². The Morgan fingerprint density at radius 3 is 2.32 bits per heavy atom. The van der Waals surface area contributed by atoms with Gasteiger partial charge in [-0.2, -0.15) is 0 Å². The third-order valence-corrected chi connectivity index (χ3v) is 6.25. The maximum absolute atomic E-state index is 15.0. The molecular formula is C19H26BFO4. The first-order valence-corrected chi connectivity index (χ1v) is 9.16. The molecule has 3 heterocycles. The molecule has 0 atom stereocenters. The number of hydrogen-bond donors (Lipinski definition) is 0. The van der Waals surface area contributed by atoms with Crippen molar-refractivity contribution in [1.29, 1.82) is 0 Å². The number of hydrogen-bond acceptors (Lipinski definition) is 4. The average molecular weight is 348 g/mol. The molecule has 3 aliphatic heterocycles. The normalized spacial score (nSPS) is 32.4. The topological polar surface area (TPSA) is 36.9 Å². The van der Waals surface area contributed by atoms with E-state index in [-0.39, 0.29) is 11.4 Å². The third-order valence-electron chi connectivity index (χ3n) is 6.25. The van der Waals surface area contributed by atoms with E-state index in [0.29, 0.717) is 18.2 Å². The lowest BCUT2D eigenvalue weighted by atomic mass is 9.78. The van der Waals surface area contributed by atoms with Crippen LogP contribution < -0.4 is 10.2 Å². The van der Waals surface area contributed by atoms with Crippen molar-refractivity contribution in [3.63, 3.8) is 0 Å². The summed E-state index contributed by atoms with van der Waals surface area (Å²) in [5.74, 6) is -0.175. The van der Waals surface area contributed by atoms with Crippen molar-refractivity contribution >= 4 is 12.6 Å². The van der Waals surface area contributed by atoms with Gasteiger partial charge in [-0.15, -0.1) is 0 Å². The van der Waals surface area contributed by atoms with E-state index >= 15 is 4.39 Å². The summed E-state index contributed by atoms with van der Waals surface area (Å²) < 4.78 is 38.8. The number of fused-ring (bicyclic) bond motifs is 2. The van der Waals surface area contributed by atoms with Gasteiger partial charge in [0.05, 0.1) is 17.3 Å². The molecular weight excluding hydrogens is 322 g/mol. The van der Waals surface area contributed by atoms with Gasteiger partial charge in [-0.1, -0.05) is 12.1 Å². The van der Waals surface area contributed by atoms with Crippen molar-refractivity contribution in [1.82, 2.24) is 0 Å². The number of halogens is 1. The van der Waals surface area contributed by atoms with Crippen LogP contribution in [0.5, 0.6) is 5.75 Å². The highest BCUT2D eigenvalue weighted by Gasteiger charge is 2.52. The Morgan fingerprint density at radius 1 is 1.12 bits per heavy atom. The molecule has 0 aromatic heterocycles. The minimum absolute atomic E-state index is 0.225. The van der Waals surface area contributed by atoms with Gasteiger partial charge in [0.25, 0.3) is 0 Å². The molecule has 0 aliphatic carbocycles. The number of benzene rings is 1. The fraction of sp³-hybridized carbons (Fsp3) is 0.684. The van der Waals surface area contributed by atoms with E-state index in [4.69, 9.17) is 18.8 Å². The highest BCUT2D eigenvalue weighted by atomic mass is 19.1. The SMILES string of the molecule is CC1(C)OB(c2cccc(OCC34CCC(CC3)O4)c2F)OC1(C)C. The monoisotopic (exact) mass is 348 g/mol. The van der Waals surface area contributed by atoms with Crippen LogP contribution in [0.4, 0.5) is 4.39 Å². The van der Waals surface area contributed by atoms with E-state index in [1.807, 2.05) is 27.7 Å². The van der Waals surface area contributed by atoms with E-state index < -0.39 is 24.1 Å². The Morgan fingerprint density at radius 2 is 1.76 bits per heavy atom. The van der Waals surface area contributed by atoms with E-state index in [1.54, 1.807) is 18.2 Å². The van der Waals surface area contributed by atoms with Crippen LogP contribution >= 0.6 is 0 Å². The van der Waals surface area contributed by atoms with Crippen molar-refractivity contribution in [3.05, 3.63) is 24.0 Å². The summed E-state index contributed by atoms with van der Waals surface area (Å²) in [6.45, 7) is 8.22. The second kappa shape index (κ2) is 5.70. The zero-order valence-electron chi connectivity index (χ0n) is 15.4. The summed E-state index contributed by atoms with van der Waals surface area (Å²) >= 11 is 0. The standard InChI is InChI=1S/C19H26BFO4/c1-17(2)18(3,4)25-20(24-17)14-6-5-7-15(16(14)21)22-12-19-10-8-13(23-19)9-11-19/h5-7,13H,8-12H2,1-4H3. The molecule has 4 rings (SSSR count).